The fourth-order valence-electron chi connectivity index (χ4n) is 4.14. The third kappa shape index (κ3) is 7.12. The SMILES string of the molecule is CC(C)Oc1ccc(NS(=O)(=O)CC(=O)N2CCN(C(=O)CC3CCCC3)CC2)cc1. The highest BCUT2D eigenvalue weighted by Crippen LogP contribution is 2.28. The fraction of sp³-hybridized carbons (Fsp3) is 0.636. The first-order valence-electron chi connectivity index (χ1n) is 11.0. The van der Waals surface area contributed by atoms with Gasteiger partial charge in [0.15, 0.2) is 0 Å². The molecule has 172 valence electrons. The number of rotatable bonds is 8. The predicted molar refractivity (Wildman–Crippen MR) is 119 cm³/mol. The third-order valence-electron chi connectivity index (χ3n) is 5.74. The number of anilines is 1. The molecule has 1 aliphatic carbocycles. The van der Waals surface area contributed by atoms with E-state index in [4.69, 9.17) is 4.74 Å². The van der Waals surface area contributed by atoms with Gasteiger partial charge < -0.3 is 14.5 Å². The first kappa shape index (κ1) is 23.4. The Balaban J connectivity index is 1.45. The average molecular weight is 452 g/mol. The molecule has 1 aromatic rings. The molecule has 8 nitrogen and oxygen atoms in total. The lowest BCUT2D eigenvalue weighted by atomic mass is 10.0. The zero-order valence-corrected chi connectivity index (χ0v) is 19.2. The summed E-state index contributed by atoms with van der Waals surface area (Å²) in [7, 11) is -3.83. The van der Waals surface area contributed by atoms with Crippen LogP contribution in [0.15, 0.2) is 24.3 Å². The van der Waals surface area contributed by atoms with Crippen LogP contribution in [0.3, 0.4) is 0 Å². The van der Waals surface area contributed by atoms with Crippen molar-refractivity contribution in [3.05, 3.63) is 24.3 Å². The maximum Gasteiger partial charge on any atom is 0.241 e. The number of sulfonamides is 1. The Morgan fingerprint density at radius 2 is 1.55 bits per heavy atom. The summed E-state index contributed by atoms with van der Waals surface area (Å²) in [5.74, 6) is 0.227. The largest absolute Gasteiger partial charge is 0.491 e. The van der Waals surface area contributed by atoms with Crippen molar-refractivity contribution >= 4 is 27.5 Å². The summed E-state index contributed by atoms with van der Waals surface area (Å²) in [6.45, 7) is 5.48. The van der Waals surface area contributed by atoms with Gasteiger partial charge in [-0.2, -0.15) is 0 Å². The van der Waals surface area contributed by atoms with Crippen molar-refractivity contribution in [3.63, 3.8) is 0 Å². The highest BCUT2D eigenvalue weighted by atomic mass is 32.2. The second kappa shape index (κ2) is 10.3. The standard InChI is InChI=1S/C22H33N3O5S/c1-17(2)30-20-9-7-19(8-10-20)23-31(28,29)16-22(27)25-13-11-24(12-14-25)21(26)15-18-5-3-4-6-18/h7-10,17-18,23H,3-6,11-16H2,1-2H3. The van der Waals surface area contributed by atoms with Crippen molar-refractivity contribution in [2.75, 3.05) is 36.7 Å². The molecule has 1 saturated heterocycles. The summed E-state index contributed by atoms with van der Waals surface area (Å²) >= 11 is 0. The molecule has 9 heteroatoms. The van der Waals surface area contributed by atoms with Crippen LogP contribution in [0.5, 0.6) is 5.75 Å². The Bertz CT molecular complexity index is 856. The summed E-state index contributed by atoms with van der Waals surface area (Å²) in [6, 6.07) is 6.58. The van der Waals surface area contributed by atoms with Crippen LogP contribution in [0.25, 0.3) is 0 Å². The van der Waals surface area contributed by atoms with Crippen molar-refractivity contribution in [2.45, 2.75) is 52.1 Å². The van der Waals surface area contributed by atoms with Gasteiger partial charge in [0.05, 0.1) is 6.10 Å². The van der Waals surface area contributed by atoms with E-state index in [-0.39, 0.29) is 12.0 Å². The van der Waals surface area contributed by atoms with Gasteiger partial charge in [-0.1, -0.05) is 12.8 Å². The number of piperazine rings is 1. The second-order valence-corrected chi connectivity index (χ2v) is 10.4. The van der Waals surface area contributed by atoms with Crippen molar-refractivity contribution < 1.29 is 22.7 Å². The molecule has 1 N–H and O–H groups in total. The molecule has 0 bridgehead atoms. The molecule has 0 spiro atoms. The van der Waals surface area contributed by atoms with E-state index in [9.17, 15) is 18.0 Å². The smallest absolute Gasteiger partial charge is 0.241 e. The van der Waals surface area contributed by atoms with Crippen LogP contribution >= 0.6 is 0 Å². The molecule has 1 aromatic carbocycles. The molecule has 2 fully saturated rings. The maximum absolute atomic E-state index is 12.5. The second-order valence-electron chi connectivity index (χ2n) is 8.67. The van der Waals surface area contributed by atoms with Gasteiger partial charge in [-0.25, -0.2) is 8.42 Å². The molecule has 31 heavy (non-hydrogen) atoms. The van der Waals surface area contributed by atoms with E-state index in [0.717, 1.165) is 12.8 Å². The molecular formula is C22H33N3O5S. The molecular weight excluding hydrogens is 418 g/mol. The summed E-state index contributed by atoms with van der Waals surface area (Å²) < 4.78 is 32.8. The molecule has 1 heterocycles. The van der Waals surface area contributed by atoms with Crippen LogP contribution in [0.4, 0.5) is 5.69 Å². The van der Waals surface area contributed by atoms with Gasteiger partial charge in [0, 0.05) is 38.3 Å². The number of nitrogens with zero attached hydrogens (tertiary/aromatic N) is 2. The summed E-state index contributed by atoms with van der Waals surface area (Å²) in [4.78, 5) is 28.3. The zero-order valence-electron chi connectivity index (χ0n) is 18.4. The van der Waals surface area contributed by atoms with Gasteiger partial charge in [0.2, 0.25) is 21.8 Å². The van der Waals surface area contributed by atoms with Gasteiger partial charge in [0.25, 0.3) is 0 Å². The quantitative estimate of drug-likeness (QED) is 0.655. The van der Waals surface area contributed by atoms with Crippen molar-refractivity contribution in [3.8, 4) is 5.75 Å². The lowest BCUT2D eigenvalue weighted by molar-refractivity contribution is -0.138. The van der Waals surface area contributed by atoms with E-state index in [2.05, 4.69) is 4.72 Å². The minimum atomic E-state index is -3.83. The number of benzene rings is 1. The third-order valence-corrected chi connectivity index (χ3v) is 6.91. The number of amides is 2. The molecule has 3 rings (SSSR count). The number of ether oxygens (including phenoxy) is 1. The van der Waals surface area contributed by atoms with Crippen molar-refractivity contribution in [1.82, 2.24) is 9.80 Å². The van der Waals surface area contributed by atoms with Gasteiger partial charge in [-0.15, -0.1) is 0 Å². The van der Waals surface area contributed by atoms with Crippen LogP contribution in [0.2, 0.25) is 0 Å². The van der Waals surface area contributed by atoms with Crippen LogP contribution < -0.4 is 9.46 Å². The van der Waals surface area contributed by atoms with Crippen LogP contribution in [-0.4, -0.2) is 68.1 Å². The topological polar surface area (TPSA) is 96.0 Å². The average Bonchev–Trinajstić information content (AvgIpc) is 3.21. The van der Waals surface area contributed by atoms with Crippen LogP contribution in [-0.2, 0) is 19.6 Å². The molecule has 1 saturated carbocycles. The fourth-order valence-corrected chi connectivity index (χ4v) is 5.21. The van der Waals surface area contributed by atoms with E-state index in [1.165, 1.54) is 17.7 Å². The lowest BCUT2D eigenvalue weighted by Crippen LogP contribution is -2.52. The first-order chi connectivity index (χ1) is 14.7. The molecule has 0 aromatic heterocycles. The summed E-state index contributed by atoms with van der Waals surface area (Å²) in [5, 5.41) is 0. The van der Waals surface area contributed by atoms with E-state index in [1.54, 1.807) is 29.2 Å². The number of nitrogens with one attached hydrogen (secondary N) is 1. The normalized spacial score (nSPS) is 17.8. The monoisotopic (exact) mass is 451 g/mol. The van der Waals surface area contributed by atoms with Crippen molar-refractivity contribution in [1.29, 1.82) is 0 Å². The Hall–Kier alpha value is -2.29. The minimum Gasteiger partial charge on any atom is -0.491 e. The van der Waals surface area contributed by atoms with Gasteiger partial charge in [-0.3, -0.25) is 14.3 Å². The molecule has 0 atom stereocenters. The van der Waals surface area contributed by atoms with E-state index < -0.39 is 21.7 Å². The number of hydrogen-bond donors (Lipinski definition) is 1. The Kier molecular flexibility index (Phi) is 7.80. The lowest BCUT2D eigenvalue weighted by Gasteiger charge is -2.35. The molecule has 2 aliphatic rings. The maximum atomic E-state index is 12.5. The van der Waals surface area contributed by atoms with E-state index >= 15 is 0 Å². The Morgan fingerprint density at radius 1 is 1.00 bits per heavy atom. The van der Waals surface area contributed by atoms with Gasteiger partial charge in [-0.05, 0) is 56.9 Å². The van der Waals surface area contributed by atoms with Gasteiger partial charge >= 0.3 is 0 Å². The molecule has 1 aliphatic heterocycles. The number of carbonyl (C=O) groups excluding carboxylic acids is 2. The molecule has 0 radical (unpaired) electrons. The van der Waals surface area contributed by atoms with E-state index in [1.807, 2.05) is 13.8 Å². The van der Waals surface area contributed by atoms with Crippen LogP contribution in [0.1, 0.15) is 46.0 Å². The highest BCUT2D eigenvalue weighted by Gasteiger charge is 2.28. The summed E-state index contributed by atoms with van der Waals surface area (Å²) in [6.07, 6.45) is 5.29. The van der Waals surface area contributed by atoms with Crippen LogP contribution in [0, 0.1) is 5.92 Å². The minimum absolute atomic E-state index is 0.0265. The Morgan fingerprint density at radius 3 is 2.10 bits per heavy atom. The Labute approximate surface area is 185 Å². The predicted octanol–water partition coefficient (Wildman–Crippen LogP) is 2.47. The molecule has 0 unspecified atom stereocenters. The first-order valence-corrected chi connectivity index (χ1v) is 12.7. The highest BCUT2D eigenvalue weighted by molar-refractivity contribution is 7.93. The number of carbonyl (C=O) groups is 2. The van der Waals surface area contributed by atoms with Crippen molar-refractivity contribution in [2.24, 2.45) is 5.92 Å². The summed E-state index contributed by atoms with van der Waals surface area (Å²) in [5.41, 5.74) is 0.381. The molecule has 2 amide bonds. The zero-order chi connectivity index (χ0) is 22.4. The van der Waals surface area contributed by atoms with E-state index in [0.29, 0.717) is 50.0 Å². The van der Waals surface area contributed by atoms with Gasteiger partial charge in [0.1, 0.15) is 11.5 Å². The number of hydrogen-bond acceptors (Lipinski definition) is 5.